The molecule has 0 spiro atoms. The Hall–Kier alpha value is -3.80. The van der Waals surface area contributed by atoms with E-state index in [9.17, 15) is 9.59 Å². The van der Waals surface area contributed by atoms with Gasteiger partial charge in [-0.1, -0.05) is 60.7 Å². The Bertz CT molecular complexity index is 999. The third kappa shape index (κ3) is 5.66. The number of carbonyl (C=O) groups excluding carboxylic acids is 2. The molecular formula is C26H28N2O4. The average molecular weight is 433 g/mol. The van der Waals surface area contributed by atoms with E-state index in [-0.39, 0.29) is 30.3 Å². The highest BCUT2D eigenvalue weighted by Crippen LogP contribution is 2.28. The maximum atomic E-state index is 12.6. The summed E-state index contributed by atoms with van der Waals surface area (Å²) in [7, 11) is 3.03. The first-order valence-corrected chi connectivity index (χ1v) is 10.4. The van der Waals surface area contributed by atoms with Crippen molar-refractivity contribution in [1.82, 2.24) is 10.6 Å². The highest BCUT2D eigenvalue weighted by atomic mass is 16.5. The van der Waals surface area contributed by atoms with Crippen LogP contribution in [0.15, 0.2) is 78.9 Å². The van der Waals surface area contributed by atoms with Gasteiger partial charge in [0.25, 0.3) is 5.91 Å². The van der Waals surface area contributed by atoms with Gasteiger partial charge in [-0.25, -0.2) is 0 Å². The van der Waals surface area contributed by atoms with Gasteiger partial charge < -0.3 is 20.1 Å². The zero-order chi connectivity index (χ0) is 22.9. The lowest BCUT2D eigenvalue weighted by molar-refractivity contribution is -0.120. The van der Waals surface area contributed by atoms with Crippen molar-refractivity contribution < 1.29 is 19.1 Å². The van der Waals surface area contributed by atoms with E-state index in [1.807, 2.05) is 43.3 Å². The molecule has 6 nitrogen and oxygen atoms in total. The van der Waals surface area contributed by atoms with E-state index < -0.39 is 0 Å². The summed E-state index contributed by atoms with van der Waals surface area (Å²) in [5, 5.41) is 5.69. The average Bonchev–Trinajstić information content (AvgIpc) is 2.83. The molecule has 2 amide bonds. The number of rotatable bonds is 9. The maximum absolute atomic E-state index is 12.6. The quantitative estimate of drug-likeness (QED) is 0.540. The summed E-state index contributed by atoms with van der Waals surface area (Å²) in [4.78, 5) is 25.1. The van der Waals surface area contributed by atoms with E-state index in [1.165, 1.54) is 14.2 Å². The molecule has 0 saturated heterocycles. The predicted molar refractivity (Wildman–Crippen MR) is 124 cm³/mol. The van der Waals surface area contributed by atoms with Gasteiger partial charge in [0.2, 0.25) is 5.91 Å². The number of hydrogen-bond acceptors (Lipinski definition) is 4. The van der Waals surface area contributed by atoms with E-state index in [4.69, 9.17) is 9.47 Å². The van der Waals surface area contributed by atoms with Gasteiger partial charge in [0.15, 0.2) is 11.5 Å². The monoisotopic (exact) mass is 432 g/mol. The topological polar surface area (TPSA) is 76.7 Å². The fourth-order valence-corrected chi connectivity index (χ4v) is 3.72. The molecule has 0 radical (unpaired) electrons. The van der Waals surface area contributed by atoms with Gasteiger partial charge in [-0.3, -0.25) is 9.59 Å². The fraction of sp³-hybridized carbons (Fsp3) is 0.231. The third-order valence-corrected chi connectivity index (χ3v) is 5.26. The zero-order valence-electron chi connectivity index (χ0n) is 18.5. The van der Waals surface area contributed by atoms with Crippen molar-refractivity contribution in [2.75, 3.05) is 20.8 Å². The van der Waals surface area contributed by atoms with Crippen LogP contribution in [0.5, 0.6) is 11.5 Å². The van der Waals surface area contributed by atoms with Gasteiger partial charge >= 0.3 is 0 Å². The van der Waals surface area contributed by atoms with Crippen LogP contribution in [-0.4, -0.2) is 38.6 Å². The lowest BCUT2D eigenvalue weighted by Crippen LogP contribution is -2.43. The molecule has 3 rings (SSSR count). The number of nitrogens with one attached hydrogen (secondary N) is 2. The van der Waals surface area contributed by atoms with Crippen LogP contribution in [0.3, 0.4) is 0 Å². The van der Waals surface area contributed by atoms with Crippen LogP contribution >= 0.6 is 0 Å². The van der Waals surface area contributed by atoms with Crippen LogP contribution in [0.1, 0.15) is 34.3 Å². The molecule has 0 heterocycles. The molecule has 1 atom stereocenters. The molecule has 0 aromatic heterocycles. The van der Waals surface area contributed by atoms with E-state index in [1.54, 1.807) is 18.2 Å². The Morgan fingerprint density at radius 2 is 1.38 bits per heavy atom. The normalized spacial score (nSPS) is 11.5. The minimum absolute atomic E-state index is 0.0112. The zero-order valence-corrected chi connectivity index (χ0v) is 18.5. The van der Waals surface area contributed by atoms with E-state index in [2.05, 4.69) is 34.9 Å². The summed E-state index contributed by atoms with van der Waals surface area (Å²) >= 11 is 0. The van der Waals surface area contributed by atoms with Crippen molar-refractivity contribution in [2.45, 2.75) is 18.9 Å². The van der Waals surface area contributed by atoms with Crippen molar-refractivity contribution in [2.24, 2.45) is 0 Å². The molecular weight excluding hydrogens is 404 g/mol. The van der Waals surface area contributed by atoms with Crippen LogP contribution < -0.4 is 20.1 Å². The molecule has 3 aromatic rings. The van der Waals surface area contributed by atoms with Gasteiger partial charge in [0, 0.05) is 17.5 Å². The summed E-state index contributed by atoms with van der Waals surface area (Å²) in [6.45, 7) is 1.84. The SMILES string of the molecule is COc1ccc(C(=O)NCC(=O)NC(C)C(c2ccccc2)c2ccccc2)cc1OC. The van der Waals surface area contributed by atoms with Crippen molar-refractivity contribution in [3.8, 4) is 11.5 Å². The smallest absolute Gasteiger partial charge is 0.251 e. The molecule has 0 aliphatic carbocycles. The van der Waals surface area contributed by atoms with E-state index in [0.717, 1.165) is 11.1 Å². The molecule has 3 aromatic carbocycles. The molecule has 32 heavy (non-hydrogen) atoms. The van der Waals surface area contributed by atoms with E-state index in [0.29, 0.717) is 17.1 Å². The minimum atomic E-state index is -0.364. The van der Waals surface area contributed by atoms with E-state index >= 15 is 0 Å². The first kappa shape index (κ1) is 22.9. The summed E-state index contributed by atoms with van der Waals surface area (Å²) in [5.74, 6) is 0.345. The van der Waals surface area contributed by atoms with Crippen LogP contribution in [0.2, 0.25) is 0 Å². The molecule has 0 bridgehead atoms. The number of methoxy groups -OCH3 is 2. The summed E-state index contributed by atoms with van der Waals surface area (Å²) in [6, 6.07) is 24.8. The standard InChI is InChI=1S/C26H28N2O4/c1-18(25(19-10-6-4-7-11-19)20-12-8-5-9-13-20)28-24(29)17-27-26(30)21-14-15-22(31-2)23(16-21)32-3/h4-16,18,25H,17H2,1-3H3,(H,27,30)(H,28,29). The maximum Gasteiger partial charge on any atom is 0.251 e. The molecule has 6 heteroatoms. The molecule has 0 aliphatic rings. The van der Waals surface area contributed by atoms with Gasteiger partial charge in [0.1, 0.15) is 0 Å². The Kier molecular flexibility index (Phi) is 7.86. The molecule has 0 fully saturated rings. The second-order valence-corrected chi connectivity index (χ2v) is 7.41. The number of benzene rings is 3. The van der Waals surface area contributed by atoms with Gasteiger partial charge in [0.05, 0.1) is 20.8 Å². The highest BCUT2D eigenvalue weighted by Gasteiger charge is 2.23. The molecule has 0 saturated carbocycles. The van der Waals surface area contributed by atoms with Crippen LogP contribution in [0, 0.1) is 0 Å². The molecule has 1 unspecified atom stereocenters. The lowest BCUT2D eigenvalue weighted by atomic mass is 9.86. The van der Waals surface area contributed by atoms with Crippen molar-refractivity contribution >= 4 is 11.8 Å². The summed E-state index contributed by atoms with van der Waals surface area (Å²) in [5.41, 5.74) is 2.61. The number of ether oxygens (including phenoxy) is 2. The largest absolute Gasteiger partial charge is 0.493 e. The van der Waals surface area contributed by atoms with Crippen molar-refractivity contribution in [3.63, 3.8) is 0 Å². The molecule has 166 valence electrons. The van der Waals surface area contributed by atoms with Crippen molar-refractivity contribution in [1.29, 1.82) is 0 Å². The predicted octanol–water partition coefficient (Wildman–Crippen LogP) is 3.77. The van der Waals surface area contributed by atoms with Crippen LogP contribution in [0.4, 0.5) is 0 Å². The number of amides is 2. The Morgan fingerprint density at radius 3 is 1.91 bits per heavy atom. The fourth-order valence-electron chi connectivity index (χ4n) is 3.72. The second kappa shape index (κ2) is 11.0. The Labute approximate surface area is 188 Å². The van der Waals surface area contributed by atoms with Gasteiger partial charge in [-0.05, 0) is 36.2 Å². The third-order valence-electron chi connectivity index (χ3n) is 5.26. The van der Waals surface area contributed by atoms with Crippen molar-refractivity contribution in [3.05, 3.63) is 95.6 Å². The first-order valence-electron chi connectivity index (χ1n) is 10.4. The highest BCUT2D eigenvalue weighted by molar-refractivity contribution is 5.97. The minimum Gasteiger partial charge on any atom is -0.493 e. The van der Waals surface area contributed by atoms with Crippen LogP contribution in [-0.2, 0) is 4.79 Å². The second-order valence-electron chi connectivity index (χ2n) is 7.41. The molecule has 0 aliphatic heterocycles. The van der Waals surface area contributed by atoms with Gasteiger partial charge in [-0.15, -0.1) is 0 Å². The summed E-state index contributed by atoms with van der Waals surface area (Å²) in [6.07, 6.45) is 0. The first-order chi connectivity index (χ1) is 15.5. The number of hydrogen-bond donors (Lipinski definition) is 2. The van der Waals surface area contributed by atoms with Gasteiger partial charge in [-0.2, -0.15) is 0 Å². The Balaban J connectivity index is 1.65. The number of carbonyl (C=O) groups is 2. The van der Waals surface area contributed by atoms with Crippen LogP contribution in [0.25, 0.3) is 0 Å². The summed E-state index contributed by atoms with van der Waals surface area (Å²) < 4.78 is 10.4. The molecule has 2 N–H and O–H groups in total. The Morgan fingerprint density at radius 1 is 0.812 bits per heavy atom. The lowest BCUT2D eigenvalue weighted by Gasteiger charge is -2.26.